The molecule has 0 saturated carbocycles. The third-order valence-corrected chi connectivity index (χ3v) is 5.38. The van der Waals surface area contributed by atoms with Gasteiger partial charge in [-0.05, 0) is 42.5 Å². The second-order valence-corrected chi connectivity index (χ2v) is 7.53. The smallest absolute Gasteiger partial charge is 0.335 e. The molecule has 12 heteroatoms. The molecular weight excluding hydrogens is 470 g/mol. The SMILES string of the molecule is O=C1NC(=O)N(c2ccc3c(c2)OCO3)C(=O)/C1=C\c1ccc(-c2ccc(Cl)c([N+](=O)[O-])c2)o1. The number of furan rings is 1. The number of halogens is 1. The van der Waals surface area contributed by atoms with Crippen molar-refractivity contribution in [1.82, 2.24) is 5.32 Å². The van der Waals surface area contributed by atoms with Crippen LogP contribution < -0.4 is 19.7 Å². The van der Waals surface area contributed by atoms with Crippen LogP contribution >= 0.6 is 11.6 Å². The molecule has 2 aromatic carbocycles. The number of carbonyl (C=O) groups excluding carboxylic acids is 3. The number of nitro groups is 1. The van der Waals surface area contributed by atoms with E-state index >= 15 is 0 Å². The lowest BCUT2D eigenvalue weighted by molar-refractivity contribution is -0.384. The maximum absolute atomic E-state index is 13.1. The fourth-order valence-electron chi connectivity index (χ4n) is 3.45. The average Bonchev–Trinajstić information content (AvgIpc) is 3.46. The molecule has 0 bridgehead atoms. The molecule has 2 aliphatic heterocycles. The van der Waals surface area contributed by atoms with Crippen LogP contribution in [0.2, 0.25) is 5.02 Å². The quantitative estimate of drug-likeness (QED) is 0.256. The molecule has 0 atom stereocenters. The maximum atomic E-state index is 13.1. The number of ether oxygens (including phenoxy) is 2. The van der Waals surface area contributed by atoms with E-state index in [1.165, 1.54) is 48.5 Å². The van der Waals surface area contributed by atoms with Crippen molar-refractivity contribution < 1.29 is 33.2 Å². The number of carbonyl (C=O) groups is 3. The van der Waals surface area contributed by atoms with Gasteiger partial charge in [0.05, 0.1) is 10.6 Å². The van der Waals surface area contributed by atoms with Crippen LogP contribution in [0.5, 0.6) is 11.5 Å². The number of fused-ring (bicyclic) bond motifs is 1. The van der Waals surface area contributed by atoms with Gasteiger partial charge in [0.25, 0.3) is 17.5 Å². The third kappa shape index (κ3) is 3.63. The van der Waals surface area contributed by atoms with Crippen molar-refractivity contribution in [2.75, 3.05) is 11.7 Å². The lowest BCUT2D eigenvalue weighted by atomic mass is 10.1. The Kier molecular flexibility index (Phi) is 5.02. The Bertz CT molecular complexity index is 1430. The molecular formula is C22H12ClN3O8. The van der Waals surface area contributed by atoms with Gasteiger partial charge in [0.2, 0.25) is 6.79 Å². The molecule has 3 heterocycles. The zero-order chi connectivity index (χ0) is 24.0. The van der Waals surface area contributed by atoms with Crippen LogP contribution in [0.15, 0.2) is 58.5 Å². The van der Waals surface area contributed by atoms with E-state index in [1.54, 1.807) is 6.07 Å². The minimum atomic E-state index is -0.917. The summed E-state index contributed by atoms with van der Waals surface area (Å²) in [4.78, 5) is 49.2. The molecule has 0 aliphatic carbocycles. The first-order chi connectivity index (χ1) is 16.3. The summed E-state index contributed by atoms with van der Waals surface area (Å²) >= 11 is 5.84. The summed E-state index contributed by atoms with van der Waals surface area (Å²) in [5.74, 6) is -0.580. The fourth-order valence-corrected chi connectivity index (χ4v) is 3.64. The Morgan fingerprint density at radius 3 is 2.62 bits per heavy atom. The number of anilines is 1. The van der Waals surface area contributed by atoms with Crippen molar-refractivity contribution >= 4 is 46.9 Å². The Labute approximate surface area is 195 Å². The summed E-state index contributed by atoms with van der Waals surface area (Å²) in [6.07, 6.45) is 1.18. The van der Waals surface area contributed by atoms with Gasteiger partial charge in [0.1, 0.15) is 22.1 Å². The van der Waals surface area contributed by atoms with E-state index in [1.807, 2.05) is 0 Å². The monoisotopic (exact) mass is 481 g/mol. The van der Waals surface area contributed by atoms with Crippen molar-refractivity contribution in [2.24, 2.45) is 0 Å². The number of nitro benzene ring substituents is 1. The van der Waals surface area contributed by atoms with E-state index in [2.05, 4.69) is 5.32 Å². The van der Waals surface area contributed by atoms with Crippen LogP contribution in [-0.2, 0) is 9.59 Å². The normalized spacial score (nSPS) is 16.2. The van der Waals surface area contributed by atoms with Gasteiger partial charge >= 0.3 is 6.03 Å². The highest BCUT2D eigenvalue weighted by Gasteiger charge is 2.37. The predicted molar refractivity (Wildman–Crippen MR) is 117 cm³/mol. The molecule has 3 aromatic rings. The van der Waals surface area contributed by atoms with Crippen molar-refractivity contribution in [1.29, 1.82) is 0 Å². The number of hydrogen-bond donors (Lipinski definition) is 1. The summed E-state index contributed by atoms with van der Waals surface area (Å²) in [6.45, 7) is 0.0141. The van der Waals surface area contributed by atoms with Gasteiger partial charge < -0.3 is 13.9 Å². The van der Waals surface area contributed by atoms with Crippen molar-refractivity contribution in [3.63, 3.8) is 0 Å². The molecule has 2 aliphatic rings. The van der Waals surface area contributed by atoms with Gasteiger partial charge in [-0.1, -0.05) is 11.6 Å². The van der Waals surface area contributed by atoms with Gasteiger partial charge in [0.15, 0.2) is 11.5 Å². The van der Waals surface area contributed by atoms with Crippen LogP contribution in [0.25, 0.3) is 17.4 Å². The first-order valence-electron chi connectivity index (χ1n) is 9.67. The number of nitrogens with one attached hydrogen (secondary N) is 1. The number of rotatable bonds is 4. The van der Waals surface area contributed by atoms with E-state index in [-0.39, 0.29) is 40.3 Å². The predicted octanol–water partition coefficient (Wildman–Crippen LogP) is 3.90. The van der Waals surface area contributed by atoms with E-state index in [0.717, 1.165) is 4.90 Å². The summed E-state index contributed by atoms with van der Waals surface area (Å²) < 4.78 is 16.2. The van der Waals surface area contributed by atoms with Crippen LogP contribution in [0, 0.1) is 10.1 Å². The zero-order valence-corrected chi connectivity index (χ0v) is 17.7. The Balaban J connectivity index is 1.47. The topological polar surface area (TPSA) is 141 Å². The van der Waals surface area contributed by atoms with Gasteiger partial charge in [0, 0.05) is 17.7 Å². The molecule has 11 nitrogen and oxygen atoms in total. The van der Waals surface area contributed by atoms with Gasteiger partial charge in [-0.2, -0.15) is 0 Å². The third-order valence-electron chi connectivity index (χ3n) is 5.06. The van der Waals surface area contributed by atoms with Crippen LogP contribution in [0.3, 0.4) is 0 Å². The van der Waals surface area contributed by atoms with Crippen molar-refractivity contribution in [2.45, 2.75) is 0 Å². The zero-order valence-electron chi connectivity index (χ0n) is 16.9. The van der Waals surface area contributed by atoms with Gasteiger partial charge in [-0.15, -0.1) is 0 Å². The second kappa shape index (κ2) is 8.05. The lowest BCUT2D eigenvalue weighted by Gasteiger charge is -2.26. The molecule has 5 rings (SSSR count). The molecule has 0 spiro atoms. The van der Waals surface area contributed by atoms with Gasteiger partial charge in [-0.25, -0.2) is 9.69 Å². The molecule has 1 aromatic heterocycles. The minimum absolute atomic E-state index is 0.0141. The molecule has 0 radical (unpaired) electrons. The summed E-state index contributed by atoms with van der Waals surface area (Å²) in [5, 5.41) is 13.2. The lowest BCUT2D eigenvalue weighted by Crippen LogP contribution is -2.54. The fraction of sp³-hybridized carbons (Fsp3) is 0.0455. The summed E-state index contributed by atoms with van der Waals surface area (Å²) in [7, 11) is 0. The number of nitrogens with zero attached hydrogens (tertiary/aromatic N) is 2. The van der Waals surface area contributed by atoms with Crippen molar-refractivity contribution in [3.05, 3.63) is 75.0 Å². The highest BCUT2D eigenvalue weighted by atomic mass is 35.5. The minimum Gasteiger partial charge on any atom is -0.457 e. The maximum Gasteiger partial charge on any atom is 0.335 e. The van der Waals surface area contributed by atoms with Crippen molar-refractivity contribution in [3.8, 4) is 22.8 Å². The first-order valence-corrected chi connectivity index (χ1v) is 10.0. The number of amides is 4. The standard InChI is InChI=1S/C22H12ClN3O8/c23-15-4-1-11(7-16(15)26(30)31)17-6-3-13(34-17)9-14-20(27)24-22(29)25(21(14)28)12-2-5-18-19(8-12)33-10-32-18/h1-9H,10H2,(H,24,27,29)/b14-9-. The number of barbiturate groups is 1. The molecule has 1 fully saturated rings. The molecule has 0 unspecified atom stereocenters. The molecule has 170 valence electrons. The van der Waals surface area contributed by atoms with Gasteiger partial charge in [-0.3, -0.25) is 25.0 Å². The van der Waals surface area contributed by atoms with E-state index in [4.69, 9.17) is 25.5 Å². The largest absolute Gasteiger partial charge is 0.457 e. The number of hydrogen-bond acceptors (Lipinski definition) is 8. The molecule has 1 saturated heterocycles. The first kappa shape index (κ1) is 21.2. The number of benzene rings is 2. The molecule has 1 N–H and O–H groups in total. The summed E-state index contributed by atoms with van der Waals surface area (Å²) in [6, 6.07) is 10.7. The Morgan fingerprint density at radius 1 is 1.03 bits per heavy atom. The highest BCUT2D eigenvalue weighted by molar-refractivity contribution is 6.39. The van der Waals surface area contributed by atoms with Crippen LogP contribution in [0.1, 0.15) is 5.76 Å². The van der Waals surface area contributed by atoms with E-state index < -0.39 is 22.8 Å². The average molecular weight is 482 g/mol. The molecule has 34 heavy (non-hydrogen) atoms. The highest BCUT2D eigenvalue weighted by Crippen LogP contribution is 2.37. The van der Waals surface area contributed by atoms with E-state index in [0.29, 0.717) is 17.1 Å². The van der Waals surface area contributed by atoms with Crippen LogP contribution in [-0.4, -0.2) is 29.6 Å². The van der Waals surface area contributed by atoms with E-state index in [9.17, 15) is 24.5 Å². The Hall–Kier alpha value is -4.64. The Morgan fingerprint density at radius 2 is 1.82 bits per heavy atom. The second-order valence-electron chi connectivity index (χ2n) is 7.12. The number of urea groups is 1. The summed E-state index contributed by atoms with van der Waals surface area (Å²) in [5.41, 5.74) is -0.0912. The molecule has 4 amide bonds. The number of imide groups is 2. The van der Waals surface area contributed by atoms with Crippen LogP contribution in [0.4, 0.5) is 16.2 Å².